The van der Waals surface area contributed by atoms with Gasteiger partial charge in [0.15, 0.2) is 17.5 Å². The molecule has 4 aliphatic heterocycles. The van der Waals surface area contributed by atoms with Crippen molar-refractivity contribution < 1.29 is 13.6 Å². The molecule has 0 unspecified atom stereocenters. The summed E-state index contributed by atoms with van der Waals surface area (Å²) >= 11 is 0. The van der Waals surface area contributed by atoms with Gasteiger partial charge in [0.1, 0.15) is 0 Å². The summed E-state index contributed by atoms with van der Waals surface area (Å²) in [7, 11) is 1.80. The lowest BCUT2D eigenvalue weighted by Crippen LogP contribution is -2.60. The van der Waals surface area contributed by atoms with Crippen LogP contribution >= 0.6 is 0 Å². The molecule has 6 rings (SSSR count). The Hall–Kier alpha value is -2.28. The molecule has 0 aliphatic carbocycles. The summed E-state index contributed by atoms with van der Waals surface area (Å²) in [6.45, 7) is 2.32. The number of amides is 1. The molecule has 4 fully saturated rings. The smallest absolute Gasteiger partial charge is 0.290 e. The summed E-state index contributed by atoms with van der Waals surface area (Å²) in [5.41, 5.74) is 0.382. The number of hydrogen-bond donors (Lipinski definition) is 0. The fourth-order valence-electron chi connectivity index (χ4n) is 5.43. The van der Waals surface area contributed by atoms with Gasteiger partial charge in [-0.3, -0.25) is 9.69 Å². The zero-order valence-electron chi connectivity index (χ0n) is 15.2. The highest BCUT2D eigenvalue weighted by Crippen LogP contribution is 2.47. The van der Waals surface area contributed by atoms with Crippen molar-refractivity contribution in [2.45, 2.75) is 30.8 Å². The van der Waals surface area contributed by atoms with Crippen molar-refractivity contribution in [2.24, 2.45) is 13.0 Å². The number of hydrogen-bond acceptors (Lipinski definition) is 3. The minimum Gasteiger partial charge on any atom is -0.330 e. The maximum absolute atomic E-state index is 14.6. The number of benzene rings is 1. The molecule has 4 saturated heterocycles. The molecular formula is C20H22F2N4O. The number of fused-ring (bicyclic) bond motifs is 2. The molecule has 2 bridgehead atoms. The van der Waals surface area contributed by atoms with Gasteiger partial charge in [0.25, 0.3) is 5.91 Å². The number of nitrogens with zero attached hydrogens (tertiary/aromatic N) is 4. The number of imidazole rings is 1. The summed E-state index contributed by atoms with van der Waals surface area (Å²) in [6.07, 6.45) is 5.45. The van der Waals surface area contributed by atoms with E-state index in [0.29, 0.717) is 23.9 Å². The van der Waals surface area contributed by atoms with Crippen molar-refractivity contribution in [2.75, 3.05) is 19.6 Å². The Morgan fingerprint density at radius 2 is 1.96 bits per heavy atom. The maximum atomic E-state index is 14.6. The first-order valence-corrected chi connectivity index (χ1v) is 9.52. The summed E-state index contributed by atoms with van der Waals surface area (Å²) < 4.78 is 30.2. The van der Waals surface area contributed by atoms with Gasteiger partial charge in [0.2, 0.25) is 0 Å². The second-order valence-corrected chi connectivity index (χ2v) is 7.92. The Bertz CT molecular complexity index is 890. The van der Waals surface area contributed by atoms with E-state index < -0.39 is 11.6 Å². The van der Waals surface area contributed by atoms with Crippen LogP contribution in [-0.4, -0.2) is 57.0 Å². The summed E-state index contributed by atoms with van der Waals surface area (Å²) in [5, 5.41) is 0. The van der Waals surface area contributed by atoms with E-state index in [4.69, 9.17) is 0 Å². The molecule has 1 aromatic heterocycles. The van der Waals surface area contributed by atoms with Gasteiger partial charge in [-0.25, -0.2) is 13.8 Å². The molecule has 7 heteroatoms. The molecule has 1 aromatic carbocycles. The van der Waals surface area contributed by atoms with Gasteiger partial charge in [-0.05, 0) is 43.5 Å². The van der Waals surface area contributed by atoms with E-state index in [1.54, 1.807) is 36.1 Å². The first-order chi connectivity index (χ1) is 13.1. The van der Waals surface area contributed by atoms with Crippen LogP contribution in [0.2, 0.25) is 0 Å². The van der Waals surface area contributed by atoms with E-state index >= 15 is 0 Å². The fraction of sp³-hybridized carbons (Fsp3) is 0.500. The Balaban J connectivity index is 1.57. The zero-order chi connectivity index (χ0) is 18.7. The molecule has 5 heterocycles. The molecule has 1 amide bonds. The molecule has 2 aromatic rings. The third kappa shape index (κ3) is 2.44. The average Bonchev–Trinajstić information content (AvgIpc) is 3.30. The molecule has 27 heavy (non-hydrogen) atoms. The minimum absolute atomic E-state index is 0.0318. The maximum Gasteiger partial charge on any atom is 0.290 e. The van der Waals surface area contributed by atoms with E-state index in [1.807, 2.05) is 4.90 Å². The third-order valence-electron chi connectivity index (χ3n) is 6.65. The summed E-state index contributed by atoms with van der Waals surface area (Å²) in [5.74, 6) is -1.15. The van der Waals surface area contributed by atoms with Crippen LogP contribution in [0.1, 0.15) is 34.9 Å². The first kappa shape index (κ1) is 16.9. The predicted molar refractivity (Wildman–Crippen MR) is 95.2 cm³/mol. The van der Waals surface area contributed by atoms with Crippen molar-refractivity contribution in [3.63, 3.8) is 0 Å². The number of aromatic nitrogens is 2. The Labute approximate surface area is 156 Å². The molecule has 5 nitrogen and oxygen atoms in total. The van der Waals surface area contributed by atoms with Crippen LogP contribution in [0.25, 0.3) is 0 Å². The van der Waals surface area contributed by atoms with Gasteiger partial charge in [-0.1, -0.05) is 12.1 Å². The molecule has 4 aliphatic rings. The molecular weight excluding hydrogens is 350 g/mol. The van der Waals surface area contributed by atoms with E-state index in [1.165, 1.54) is 0 Å². The number of likely N-dealkylation sites (tertiary alicyclic amines) is 1. The number of piperidine rings is 3. The quantitative estimate of drug-likeness (QED) is 0.813. The van der Waals surface area contributed by atoms with Crippen LogP contribution in [0.4, 0.5) is 8.78 Å². The lowest BCUT2D eigenvalue weighted by Gasteiger charge is -2.51. The van der Waals surface area contributed by atoms with Crippen molar-refractivity contribution in [1.82, 2.24) is 19.4 Å². The highest BCUT2D eigenvalue weighted by molar-refractivity contribution is 5.91. The van der Waals surface area contributed by atoms with Crippen molar-refractivity contribution >= 4 is 5.91 Å². The monoisotopic (exact) mass is 372 g/mol. The van der Waals surface area contributed by atoms with Crippen molar-refractivity contribution in [1.29, 1.82) is 0 Å². The molecule has 0 saturated carbocycles. The highest BCUT2D eigenvalue weighted by Gasteiger charge is 2.55. The Kier molecular flexibility index (Phi) is 3.82. The fourth-order valence-corrected chi connectivity index (χ4v) is 5.43. The second kappa shape index (κ2) is 6.12. The van der Waals surface area contributed by atoms with E-state index in [0.717, 1.165) is 32.0 Å². The second-order valence-electron chi connectivity index (χ2n) is 7.92. The largest absolute Gasteiger partial charge is 0.330 e. The number of carbonyl (C=O) groups is 1. The Morgan fingerprint density at radius 1 is 1.19 bits per heavy atom. The van der Waals surface area contributed by atoms with Crippen LogP contribution < -0.4 is 0 Å². The van der Waals surface area contributed by atoms with Crippen LogP contribution in [0.15, 0.2) is 30.6 Å². The average molecular weight is 372 g/mol. The molecule has 0 spiro atoms. The van der Waals surface area contributed by atoms with E-state index in [2.05, 4.69) is 9.88 Å². The summed E-state index contributed by atoms with van der Waals surface area (Å²) in [4.78, 5) is 21.7. The molecule has 0 N–H and O–H groups in total. The summed E-state index contributed by atoms with van der Waals surface area (Å²) in [6, 6.07) is 4.44. The van der Waals surface area contributed by atoms with Gasteiger partial charge in [-0.15, -0.1) is 0 Å². The third-order valence-corrected chi connectivity index (χ3v) is 6.65. The molecule has 142 valence electrons. The number of halogens is 2. The molecule has 0 radical (unpaired) electrons. The van der Waals surface area contributed by atoms with E-state index in [9.17, 15) is 13.6 Å². The van der Waals surface area contributed by atoms with Crippen molar-refractivity contribution in [3.8, 4) is 0 Å². The van der Waals surface area contributed by atoms with Crippen LogP contribution in [0.3, 0.4) is 0 Å². The van der Waals surface area contributed by atoms with Crippen LogP contribution in [0, 0.1) is 17.6 Å². The number of aryl methyl sites for hydroxylation is 1. The normalized spacial score (nSPS) is 32.0. The van der Waals surface area contributed by atoms with Gasteiger partial charge in [-0.2, -0.15) is 0 Å². The van der Waals surface area contributed by atoms with Crippen molar-refractivity contribution in [3.05, 3.63) is 53.6 Å². The molecule has 3 atom stereocenters. The lowest BCUT2D eigenvalue weighted by atomic mass is 9.75. The van der Waals surface area contributed by atoms with Crippen LogP contribution in [0.5, 0.6) is 0 Å². The van der Waals surface area contributed by atoms with Gasteiger partial charge < -0.3 is 9.47 Å². The van der Waals surface area contributed by atoms with Gasteiger partial charge in [0.05, 0.1) is 6.04 Å². The predicted octanol–water partition coefficient (Wildman–Crippen LogP) is 2.40. The Morgan fingerprint density at radius 3 is 2.67 bits per heavy atom. The number of rotatable bonds is 2. The zero-order valence-corrected chi connectivity index (χ0v) is 15.2. The SMILES string of the molecule is Cn1ccnc1C(=O)N1C[C@H](c2cccc(F)c2F)[C@H]2[C@@H]1C1CCN2CC1. The number of carbonyl (C=O) groups excluding carboxylic acids is 1. The first-order valence-electron chi connectivity index (χ1n) is 9.52. The highest BCUT2D eigenvalue weighted by atomic mass is 19.2. The lowest BCUT2D eigenvalue weighted by molar-refractivity contribution is -0.00405. The van der Waals surface area contributed by atoms with Crippen LogP contribution in [-0.2, 0) is 7.05 Å². The van der Waals surface area contributed by atoms with Gasteiger partial charge in [0, 0.05) is 37.9 Å². The topological polar surface area (TPSA) is 41.4 Å². The van der Waals surface area contributed by atoms with E-state index in [-0.39, 0.29) is 23.9 Å². The minimum atomic E-state index is -0.825. The standard InChI is InChI=1S/C20H22F2N4O/c1-24-10-7-23-19(24)20(27)26-11-14(13-3-2-4-15(21)16(13)22)18-17(26)12-5-8-25(18)9-6-12/h2-4,7,10,12,14,17-18H,5-6,8-9,11H2,1H3/t14-,17+,18+/m1/s1. The van der Waals surface area contributed by atoms with Gasteiger partial charge >= 0.3 is 0 Å².